The van der Waals surface area contributed by atoms with Crippen molar-refractivity contribution in [3.8, 4) is 0 Å². The number of nitrogens with one attached hydrogen (secondary N) is 1. The van der Waals surface area contributed by atoms with E-state index in [-0.39, 0.29) is 18.7 Å². The van der Waals surface area contributed by atoms with Crippen LogP contribution in [0.2, 0.25) is 0 Å². The van der Waals surface area contributed by atoms with Crippen LogP contribution in [0.5, 0.6) is 0 Å². The first-order valence-corrected chi connectivity index (χ1v) is 4.93. The predicted octanol–water partition coefficient (Wildman–Crippen LogP) is 0.325. The van der Waals surface area contributed by atoms with E-state index in [1.54, 1.807) is 0 Å². The van der Waals surface area contributed by atoms with Crippen molar-refractivity contribution >= 4 is 24.6 Å². The molecule has 0 aliphatic heterocycles. The molecular weight excluding hydrogens is 209 g/mol. The monoisotopic (exact) mass is 223 g/mol. The minimum atomic E-state index is -1.47. The number of hydrogen-bond acceptors (Lipinski definition) is 4. The second-order valence-electron chi connectivity index (χ2n) is 2.54. The summed E-state index contributed by atoms with van der Waals surface area (Å²) < 4.78 is 16.7. The molecule has 4 nitrogen and oxygen atoms in total. The van der Waals surface area contributed by atoms with Gasteiger partial charge in [-0.15, -0.1) is 0 Å². The number of carbonyl (C=O) groups is 2. The Kier molecular flexibility index (Phi) is 8.56. The van der Waals surface area contributed by atoms with Crippen LogP contribution in [0.1, 0.15) is 12.8 Å². The van der Waals surface area contributed by atoms with Gasteiger partial charge in [-0.05, 0) is 0 Å². The SMILES string of the molecule is O=C(F)CCC(=O)NCCOCCS. The van der Waals surface area contributed by atoms with Crippen molar-refractivity contribution < 1.29 is 18.7 Å². The summed E-state index contributed by atoms with van der Waals surface area (Å²) in [4.78, 5) is 20.8. The smallest absolute Gasteiger partial charge is 0.302 e. The van der Waals surface area contributed by atoms with Gasteiger partial charge in [-0.25, -0.2) is 0 Å². The molecule has 1 N–H and O–H groups in total. The Morgan fingerprint density at radius 3 is 2.57 bits per heavy atom. The number of thiol groups is 1. The molecule has 1 amide bonds. The van der Waals surface area contributed by atoms with Crippen molar-refractivity contribution in [1.29, 1.82) is 0 Å². The lowest BCUT2D eigenvalue weighted by molar-refractivity contribution is -0.132. The Hall–Kier alpha value is -0.620. The van der Waals surface area contributed by atoms with Crippen LogP contribution >= 0.6 is 12.6 Å². The van der Waals surface area contributed by atoms with Crippen LogP contribution in [0, 0.1) is 0 Å². The molecule has 0 aromatic heterocycles. The largest absolute Gasteiger partial charge is 0.379 e. The molecule has 0 rings (SSSR count). The molecule has 0 aliphatic rings. The zero-order chi connectivity index (χ0) is 10.8. The van der Waals surface area contributed by atoms with Crippen molar-refractivity contribution in [2.24, 2.45) is 0 Å². The Balaban J connectivity index is 3.22. The number of carbonyl (C=O) groups excluding carboxylic acids is 2. The molecule has 6 heteroatoms. The third kappa shape index (κ3) is 9.47. The number of amides is 1. The van der Waals surface area contributed by atoms with Crippen molar-refractivity contribution in [2.75, 3.05) is 25.5 Å². The minimum absolute atomic E-state index is 0.109. The van der Waals surface area contributed by atoms with Gasteiger partial charge in [-0.3, -0.25) is 9.59 Å². The van der Waals surface area contributed by atoms with Gasteiger partial charge in [0.15, 0.2) is 0 Å². The molecule has 0 aromatic rings. The average molecular weight is 223 g/mol. The normalized spacial score (nSPS) is 9.86. The highest BCUT2D eigenvalue weighted by molar-refractivity contribution is 7.80. The third-order valence-electron chi connectivity index (χ3n) is 1.35. The van der Waals surface area contributed by atoms with Crippen LogP contribution in [0.15, 0.2) is 0 Å². The Labute approximate surface area is 87.6 Å². The van der Waals surface area contributed by atoms with Crippen LogP contribution in [0.3, 0.4) is 0 Å². The summed E-state index contributed by atoms with van der Waals surface area (Å²) in [5.41, 5.74) is 0. The fourth-order valence-corrected chi connectivity index (χ4v) is 0.859. The van der Waals surface area contributed by atoms with Gasteiger partial charge < -0.3 is 10.1 Å². The molecule has 0 radical (unpaired) electrons. The van der Waals surface area contributed by atoms with Crippen LogP contribution in [0.25, 0.3) is 0 Å². The summed E-state index contributed by atoms with van der Waals surface area (Å²) >= 11 is 3.93. The molecule has 14 heavy (non-hydrogen) atoms. The second-order valence-corrected chi connectivity index (χ2v) is 2.99. The fraction of sp³-hybridized carbons (Fsp3) is 0.750. The minimum Gasteiger partial charge on any atom is -0.379 e. The van der Waals surface area contributed by atoms with Gasteiger partial charge in [-0.1, -0.05) is 0 Å². The summed E-state index contributed by atoms with van der Waals surface area (Å²) in [7, 11) is 0. The van der Waals surface area contributed by atoms with Gasteiger partial charge >= 0.3 is 6.04 Å². The first-order chi connectivity index (χ1) is 6.66. The molecule has 0 aliphatic carbocycles. The van der Waals surface area contributed by atoms with E-state index in [9.17, 15) is 14.0 Å². The average Bonchev–Trinajstić information content (AvgIpc) is 2.14. The van der Waals surface area contributed by atoms with E-state index in [0.29, 0.717) is 25.5 Å². The predicted molar refractivity (Wildman–Crippen MR) is 53.0 cm³/mol. The summed E-state index contributed by atoms with van der Waals surface area (Å²) in [6.45, 7) is 1.30. The van der Waals surface area contributed by atoms with E-state index in [4.69, 9.17) is 4.74 Å². The Morgan fingerprint density at radius 1 is 1.29 bits per heavy atom. The topological polar surface area (TPSA) is 55.4 Å². The molecule has 0 aromatic carbocycles. The van der Waals surface area contributed by atoms with Crippen LogP contribution < -0.4 is 5.32 Å². The second kappa shape index (κ2) is 8.96. The van der Waals surface area contributed by atoms with Gasteiger partial charge in [0.2, 0.25) is 5.91 Å². The van der Waals surface area contributed by atoms with Crippen molar-refractivity contribution in [1.82, 2.24) is 5.32 Å². The number of halogens is 1. The highest BCUT2D eigenvalue weighted by atomic mass is 32.1. The summed E-state index contributed by atoms with van der Waals surface area (Å²) in [5, 5.41) is 2.49. The fourth-order valence-electron chi connectivity index (χ4n) is 0.729. The van der Waals surface area contributed by atoms with Crippen LogP contribution in [-0.4, -0.2) is 37.5 Å². The van der Waals surface area contributed by atoms with E-state index < -0.39 is 6.04 Å². The van der Waals surface area contributed by atoms with Gasteiger partial charge in [0, 0.05) is 25.1 Å². The number of hydrogen-bond donors (Lipinski definition) is 2. The zero-order valence-electron chi connectivity index (χ0n) is 7.79. The summed E-state index contributed by atoms with van der Waals surface area (Å²) in [6.07, 6.45) is -0.467. The van der Waals surface area contributed by atoms with Crippen molar-refractivity contribution in [3.05, 3.63) is 0 Å². The van der Waals surface area contributed by atoms with Gasteiger partial charge in [0.1, 0.15) is 0 Å². The maximum atomic E-state index is 11.7. The third-order valence-corrected chi connectivity index (χ3v) is 1.54. The molecule has 0 atom stereocenters. The number of rotatable bonds is 8. The lowest BCUT2D eigenvalue weighted by Gasteiger charge is -2.04. The summed E-state index contributed by atoms with van der Waals surface area (Å²) in [5.74, 6) is 0.287. The van der Waals surface area contributed by atoms with Gasteiger partial charge in [0.25, 0.3) is 0 Å². The highest BCUT2D eigenvalue weighted by Crippen LogP contribution is 1.91. The quantitative estimate of drug-likeness (QED) is 0.354. The van der Waals surface area contributed by atoms with E-state index in [1.165, 1.54) is 0 Å². The van der Waals surface area contributed by atoms with Crippen molar-refractivity contribution in [2.45, 2.75) is 12.8 Å². The molecule has 0 saturated carbocycles. The molecule has 0 unspecified atom stereocenters. The molecule has 0 saturated heterocycles. The zero-order valence-corrected chi connectivity index (χ0v) is 8.69. The van der Waals surface area contributed by atoms with E-state index >= 15 is 0 Å². The summed E-state index contributed by atoms with van der Waals surface area (Å²) in [6, 6.07) is -1.47. The van der Waals surface area contributed by atoms with Gasteiger partial charge in [0.05, 0.1) is 13.2 Å². The van der Waals surface area contributed by atoms with E-state index in [2.05, 4.69) is 17.9 Å². The molecule has 0 fully saturated rings. The van der Waals surface area contributed by atoms with Crippen LogP contribution in [-0.2, 0) is 14.3 Å². The maximum absolute atomic E-state index is 11.7. The molecule has 0 heterocycles. The molecular formula is C8H14FNO3S. The van der Waals surface area contributed by atoms with Crippen molar-refractivity contribution in [3.63, 3.8) is 0 Å². The van der Waals surface area contributed by atoms with E-state index in [0.717, 1.165) is 0 Å². The first kappa shape index (κ1) is 13.4. The Bertz CT molecular complexity index is 189. The molecule has 82 valence electrons. The van der Waals surface area contributed by atoms with Gasteiger partial charge in [-0.2, -0.15) is 17.0 Å². The highest BCUT2D eigenvalue weighted by Gasteiger charge is 2.04. The lowest BCUT2D eigenvalue weighted by Crippen LogP contribution is -2.27. The molecule has 0 spiro atoms. The Morgan fingerprint density at radius 2 is 2.00 bits per heavy atom. The number of ether oxygens (including phenoxy) is 1. The first-order valence-electron chi connectivity index (χ1n) is 4.30. The maximum Gasteiger partial charge on any atom is 0.302 e. The lowest BCUT2D eigenvalue weighted by atomic mass is 10.3. The molecule has 0 bridgehead atoms. The van der Waals surface area contributed by atoms with E-state index in [1.807, 2.05) is 0 Å². The van der Waals surface area contributed by atoms with Crippen LogP contribution in [0.4, 0.5) is 4.39 Å². The standard InChI is InChI=1S/C8H14FNO3S/c9-7(11)1-2-8(12)10-3-4-13-5-6-14/h14H,1-6H2,(H,10,12).